The molecular formula is C12H9F3N2O2. The number of carboxylic acids is 1. The molecule has 1 aromatic heterocycles. The van der Waals surface area contributed by atoms with Gasteiger partial charge in [0.25, 0.3) is 0 Å². The Labute approximate surface area is 106 Å². The Morgan fingerprint density at radius 1 is 1.37 bits per heavy atom. The zero-order valence-corrected chi connectivity index (χ0v) is 9.55. The van der Waals surface area contributed by atoms with Gasteiger partial charge in [-0.25, -0.2) is 4.79 Å². The minimum atomic E-state index is -4.60. The molecule has 19 heavy (non-hydrogen) atoms. The fraction of sp³-hybridized carbons (Fsp3) is 0.167. The summed E-state index contributed by atoms with van der Waals surface area (Å²) in [5, 5.41) is 12.6. The summed E-state index contributed by atoms with van der Waals surface area (Å²) in [5.41, 5.74) is -1.37. The summed E-state index contributed by atoms with van der Waals surface area (Å²) in [6.45, 7) is -0.0677. The lowest BCUT2D eigenvalue weighted by Gasteiger charge is -2.13. The van der Waals surface area contributed by atoms with Crippen LogP contribution in [-0.4, -0.2) is 20.9 Å². The van der Waals surface area contributed by atoms with Crippen molar-refractivity contribution >= 4 is 5.97 Å². The smallest absolute Gasteiger partial charge is 0.416 e. The van der Waals surface area contributed by atoms with E-state index in [9.17, 15) is 18.0 Å². The van der Waals surface area contributed by atoms with Crippen LogP contribution >= 0.6 is 0 Å². The Kier molecular flexibility index (Phi) is 3.28. The molecule has 7 heteroatoms. The first-order valence-electron chi connectivity index (χ1n) is 5.29. The van der Waals surface area contributed by atoms with Crippen molar-refractivity contribution < 1.29 is 23.1 Å². The summed E-state index contributed by atoms with van der Waals surface area (Å²) >= 11 is 0. The van der Waals surface area contributed by atoms with E-state index in [0.717, 1.165) is 12.1 Å². The molecule has 2 aromatic rings. The third-order valence-corrected chi connectivity index (χ3v) is 2.55. The molecule has 0 saturated carbocycles. The molecule has 0 amide bonds. The van der Waals surface area contributed by atoms with Crippen molar-refractivity contribution in [1.29, 1.82) is 0 Å². The summed E-state index contributed by atoms with van der Waals surface area (Å²) in [4.78, 5) is 10.7. The van der Waals surface area contributed by atoms with Crippen LogP contribution in [0.5, 0.6) is 0 Å². The van der Waals surface area contributed by atoms with Gasteiger partial charge in [-0.05, 0) is 23.8 Å². The molecule has 0 atom stereocenters. The van der Waals surface area contributed by atoms with Gasteiger partial charge in [0.2, 0.25) is 0 Å². The maximum atomic E-state index is 12.9. The Hall–Kier alpha value is -2.31. The molecule has 0 fully saturated rings. The topological polar surface area (TPSA) is 55.1 Å². The first-order chi connectivity index (χ1) is 8.88. The maximum absolute atomic E-state index is 12.9. The number of benzene rings is 1. The van der Waals surface area contributed by atoms with Crippen LogP contribution in [0.4, 0.5) is 13.2 Å². The van der Waals surface area contributed by atoms with Gasteiger partial charge in [-0.1, -0.05) is 6.07 Å². The summed E-state index contributed by atoms with van der Waals surface area (Å²) in [6.07, 6.45) is -1.61. The van der Waals surface area contributed by atoms with Crippen molar-refractivity contribution in [3.63, 3.8) is 0 Å². The minimum absolute atomic E-state index is 0.0267. The lowest BCUT2D eigenvalue weighted by atomic mass is 10.0. The van der Waals surface area contributed by atoms with Crippen LogP contribution in [0, 0.1) is 0 Å². The molecular weight excluding hydrogens is 261 g/mol. The normalized spacial score (nSPS) is 11.5. The highest BCUT2D eigenvalue weighted by Gasteiger charge is 2.34. The van der Waals surface area contributed by atoms with Gasteiger partial charge in [-0.15, -0.1) is 0 Å². The van der Waals surface area contributed by atoms with E-state index < -0.39 is 23.3 Å². The van der Waals surface area contributed by atoms with Crippen molar-refractivity contribution in [3.8, 4) is 0 Å². The number of hydrogen-bond donors (Lipinski definition) is 1. The van der Waals surface area contributed by atoms with Crippen LogP contribution in [0.1, 0.15) is 21.5 Å². The first kappa shape index (κ1) is 13.1. The molecule has 0 aliphatic rings. The molecule has 0 radical (unpaired) electrons. The number of rotatable bonds is 3. The second-order valence-electron chi connectivity index (χ2n) is 3.88. The zero-order valence-electron chi connectivity index (χ0n) is 9.55. The monoisotopic (exact) mass is 270 g/mol. The second kappa shape index (κ2) is 4.75. The van der Waals surface area contributed by atoms with Crippen LogP contribution in [0.15, 0.2) is 36.7 Å². The van der Waals surface area contributed by atoms with Crippen LogP contribution in [0.3, 0.4) is 0 Å². The number of aromatic carboxylic acids is 1. The largest absolute Gasteiger partial charge is 0.478 e. The van der Waals surface area contributed by atoms with Crippen LogP contribution < -0.4 is 0 Å². The Morgan fingerprint density at radius 3 is 2.63 bits per heavy atom. The highest BCUT2D eigenvalue weighted by atomic mass is 19.4. The third-order valence-electron chi connectivity index (χ3n) is 2.55. The molecule has 1 aromatic carbocycles. The van der Waals surface area contributed by atoms with Gasteiger partial charge in [0.05, 0.1) is 17.7 Å². The highest BCUT2D eigenvalue weighted by Crippen LogP contribution is 2.33. The van der Waals surface area contributed by atoms with Crippen molar-refractivity contribution in [2.75, 3.05) is 0 Å². The van der Waals surface area contributed by atoms with Crippen molar-refractivity contribution in [2.45, 2.75) is 12.7 Å². The predicted octanol–water partition coefficient (Wildman–Crippen LogP) is 2.65. The highest BCUT2D eigenvalue weighted by molar-refractivity contribution is 5.88. The number of carboxylic acid groups (broad SMARTS) is 1. The van der Waals surface area contributed by atoms with E-state index >= 15 is 0 Å². The molecule has 2 rings (SSSR count). The molecule has 0 spiro atoms. The first-order valence-corrected chi connectivity index (χ1v) is 5.29. The minimum Gasteiger partial charge on any atom is -0.478 e. The van der Waals surface area contributed by atoms with Crippen LogP contribution in [0.25, 0.3) is 0 Å². The zero-order chi connectivity index (χ0) is 14.0. The van der Waals surface area contributed by atoms with E-state index in [2.05, 4.69) is 5.10 Å². The number of alkyl halides is 3. The van der Waals surface area contributed by atoms with Crippen LogP contribution in [-0.2, 0) is 12.7 Å². The Balaban J connectivity index is 2.45. The Morgan fingerprint density at radius 2 is 2.11 bits per heavy atom. The van der Waals surface area contributed by atoms with Crippen molar-refractivity contribution in [1.82, 2.24) is 9.78 Å². The SMILES string of the molecule is O=C(O)c1ccc(Cn2cccn2)c(C(F)(F)F)c1. The summed E-state index contributed by atoms with van der Waals surface area (Å²) in [7, 11) is 0. The third kappa shape index (κ3) is 2.93. The predicted molar refractivity (Wildman–Crippen MR) is 59.7 cm³/mol. The molecule has 1 heterocycles. The summed E-state index contributed by atoms with van der Waals surface area (Å²) in [6, 6.07) is 4.55. The average Bonchev–Trinajstić information content (AvgIpc) is 2.80. The molecule has 1 N–H and O–H groups in total. The number of aromatic nitrogens is 2. The molecule has 0 unspecified atom stereocenters. The molecule has 100 valence electrons. The van der Waals surface area contributed by atoms with E-state index in [1.54, 1.807) is 6.07 Å². The van der Waals surface area contributed by atoms with Gasteiger partial charge in [-0.3, -0.25) is 4.68 Å². The molecule has 0 saturated heterocycles. The fourth-order valence-corrected chi connectivity index (χ4v) is 1.68. The molecule has 0 aliphatic carbocycles. The summed E-state index contributed by atoms with van der Waals surface area (Å²) in [5.74, 6) is -1.39. The van der Waals surface area contributed by atoms with Gasteiger partial charge in [0.1, 0.15) is 0 Å². The maximum Gasteiger partial charge on any atom is 0.416 e. The number of halogens is 3. The lowest BCUT2D eigenvalue weighted by molar-refractivity contribution is -0.138. The van der Waals surface area contributed by atoms with Gasteiger partial charge >= 0.3 is 12.1 Å². The van der Waals surface area contributed by atoms with Gasteiger partial charge in [0.15, 0.2) is 0 Å². The Bertz CT molecular complexity index is 592. The van der Waals surface area contributed by atoms with E-state index in [1.165, 1.54) is 17.1 Å². The van der Waals surface area contributed by atoms with Gasteiger partial charge in [0, 0.05) is 12.4 Å². The van der Waals surface area contributed by atoms with E-state index in [-0.39, 0.29) is 12.1 Å². The van der Waals surface area contributed by atoms with Gasteiger partial charge < -0.3 is 5.11 Å². The van der Waals surface area contributed by atoms with Crippen molar-refractivity contribution in [2.24, 2.45) is 0 Å². The van der Waals surface area contributed by atoms with Crippen molar-refractivity contribution in [3.05, 3.63) is 53.3 Å². The number of hydrogen-bond acceptors (Lipinski definition) is 2. The quantitative estimate of drug-likeness (QED) is 0.932. The standard InChI is InChI=1S/C12H9F3N2O2/c13-12(14,15)10-6-8(11(18)19)2-3-9(10)7-17-5-1-4-16-17/h1-6H,7H2,(H,18,19). The lowest BCUT2D eigenvalue weighted by Crippen LogP contribution is -2.13. The second-order valence-corrected chi connectivity index (χ2v) is 3.88. The van der Waals surface area contributed by atoms with Gasteiger partial charge in [-0.2, -0.15) is 18.3 Å². The molecule has 4 nitrogen and oxygen atoms in total. The average molecular weight is 270 g/mol. The summed E-state index contributed by atoms with van der Waals surface area (Å²) < 4.78 is 40.0. The van der Waals surface area contributed by atoms with Crippen LogP contribution in [0.2, 0.25) is 0 Å². The fourth-order valence-electron chi connectivity index (χ4n) is 1.68. The van der Waals surface area contributed by atoms with E-state index in [4.69, 9.17) is 5.11 Å². The molecule has 0 aliphatic heterocycles. The van der Waals surface area contributed by atoms with E-state index in [0.29, 0.717) is 6.07 Å². The number of carbonyl (C=O) groups is 1. The number of nitrogens with zero attached hydrogens (tertiary/aromatic N) is 2. The van der Waals surface area contributed by atoms with E-state index in [1.807, 2.05) is 0 Å². The molecule has 0 bridgehead atoms.